The van der Waals surface area contributed by atoms with Gasteiger partial charge in [0.2, 0.25) is 0 Å². The van der Waals surface area contributed by atoms with Crippen LogP contribution >= 0.6 is 0 Å². The molecule has 0 spiro atoms. The van der Waals surface area contributed by atoms with E-state index in [0.717, 1.165) is 0 Å². The largest absolute Gasteiger partial charge is 0.0977 e. The Labute approximate surface area is 129 Å². The Bertz CT molecular complexity index is 326. The first-order chi connectivity index (χ1) is 9.33. The van der Waals surface area contributed by atoms with Crippen LogP contribution in [0.2, 0.25) is 26.2 Å². The molecule has 1 aliphatic heterocycles. The van der Waals surface area contributed by atoms with E-state index in [1.54, 1.807) is 0 Å². The fourth-order valence-corrected chi connectivity index (χ4v) is 12.5. The molecule has 20 heavy (non-hydrogen) atoms. The summed E-state index contributed by atoms with van der Waals surface area (Å²) in [6, 6.07) is 0. The lowest BCUT2D eigenvalue weighted by Crippen LogP contribution is -2.40. The highest BCUT2D eigenvalue weighted by atomic mass is 28.3. The fourth-order valence-electron chi connectivity index (χ4n) is 3.35. The lowest BCUT2D eigenvalue weighted by Gasteiger charge is -2.36. The maximum Gasteiger partial charge on any atom is 0.0977 e. The number of allylic oxidation sites excluding steroid dienone is 2. The Balaban J connectivity index is 2.78. The SMILES string of the molecule is CCCCCC1=C[Si](C)(C)C(CCCCC)=C[Si]1(C)C. The van der Waals surface area contributed by atoms with Crippen LogP contribution in [0.3, 0.4) is 0 Å². The topological polar surface area (TPSA) is 0 Å². The van der Waals surface area contributed by atoms with Gasteiger partial charge in [0.05, 0.1) is 16.1 Å². The Morgan fingerprint density at radius 1 is 0.650 bits per heavy atom. The van der Waals surface area contributed by atoms with Gasteiger partial charge in [0.25, 0.3) is 0 Å². The molecular weight excluding hydrogens is 272 g/mol. The Hall–Kier alpha value is -0.0862. The van der Waals surface area contributed by atoms with Gasteiger partial charge < -0.3 is 0 Å². The Morgan fingerprint density at radius 3 is 1.30 bits per heavy atom. The molecule has 0 aliphatic carbocycles. The van der Waals surface area contributed by atoms with Crippen molar-refractivity contribution in [3.05, 3.63) is 21.8 Å². The van der Waals surface area contributed by atoms with Crippen LogP contribution in [-0.4, -0.2) is 16.1 Å². The number of unbranched alkanes of at least 4 members (excludes halogenated alkanes) is 4. The minimum Gasteiger partial charge on any atom is -0.0949 e. The zero-order valence-electron chi connectivity index (χ0n) is 14.8. The molecule has 0 aromatic heterocycles. The van der Waals surface area contributed by atoms with Crippen LogP contribution in [0.15, 0.2) is 21.8 Å². The highest BCUT2D eigenvalue weighted by Crippen LogP contribution is 2.35. The number of hydrogen-bond donors (Lipinski definition) is 0. The van der Waals surface area contributed by atoms with E-state index in [-0.39, 0.29) is 0 Å². The van der Waals surface area contributed by atoms with E-state index in [2.05, 4.69) is 51.4 Å². The molecule has 0 unspecified atom stereocenters. The fraction of sp³-hybridized carbons (Fsp3) is 0.778. The number of rotatable bonds is 8. The summed E-state index contributed by atoms with van der Waals surface area (Å²) in [4.78, 5) is 0. The molecule has 0 bridgehead atoms. The molecule has 1 heterocycles. The van der Waals surface area contributed by atoms with Crippen molar-refractivity contribution in [1.29, 1.82) is 0 Å². The quantitative estimate of drug-likeness (QED) is 0.350. The molecule has 0 atom stereocenters. The molecule has 0 saturated carbocycles. The van der Waals surface area contributed by atoms with E-state index in [0.29, 0.717) is 0 Å². The van der Waals surface area contributed by atoms with E-state index >= 15 is 0 Å². The van der Waals surface area contributed by atoms with Gasteiger partial charge in [-0.2, -0.15) is 0 Å². The van der Waals surface area contributed by atoms with E-state index in [1.807, 2.05) is 10.4 Å². The van der Waals surface area contributed by atoms with Crippen molar-refractivity contribution in [2.24, 2.45) is 0 Å². The second-order valence-electron chi connectivity index (χ2n) is 7.70. The average molecular weight is 309 g/mol. The molecule has 0 N–H and O–H groups in total. The van der Waals surface area contributed by atoms with Gasteiger partial charge in [-0.1, -0.05) is 87.5 Å². The lowest BCUT2D eigenvalue weighted by molar-refractivity contribution is 0.719. The van der Waals surface area contributed by atoms with E-state index in [4.69, 9.17) is 0 Å². The van der Waals surface area contributed by atoms with Gasteiger partial charge in [-0.3, -0.25) is 0 Å². The summed E-state index contributed by atoms with van der Waals surface area (Å²) < 4.78 is 0. The van der Waals surface area contributed by atoms with Gasteiger partial charge in [-0.05, 0) is 25.7 Å². The van der Waals surface area contributed by atoms with Crippen LogP contribution in [0.4, 0.5) is 0 Å². The second-order valence-corrected chi connectivity index (χ2v) is 16.4. The van der Waals surface area contributed by atoms with Gasteiger partial charge in [-0.15, -0.1) is 0 Å². The zero-order valence-corrected chi connectivity index (χ0v) is 16.8. The van der Waals surface area contributed by atoms with Crippen LogP contribution in [-0.2, 0) is 0 Å². The van der Waals surface area contributed by atoms with Crippen molar-refractivity contribution in [2.45, 2.75) is 91.4 Å². The standard InChI is InChI=1S/C18H36Si2/c1-7-9-11-13-17-15-20(5,6)18(14-12-10-8-2)16-19(17,3)4/h15-16H,7-14H2,1-6H3. The molecule has 0 radical (unpaired) electrons. The normalized spacial score (nSPS) is 20.5. The second kappa shape index (κ2) is 7.79. The van der Waals surface area contributed by atoms with E-state index < -0.39 is 16.1 Å². The van der Waals surface area contributed by atoms with Gasteiger partial charge in [-0.25, -0.2) is 0 Å². The summed E-state index contributed by atoms with van der Waals surface area (Å²) in [5.74, 6) is 0. The molecule has 0 aromatic rings. The van der Waals surface area contributed by atoms with Crippen LogP contribution in [0, 0.1) is 0 Å². The van der Waals surface area contributed by atoms with Crippen LogP contribution in [0.5, 0.6) is 0 Å². The molecule has 2 heteroatoms. The van der Waals surface area contributed by atoms with Crippen LogP contribution < -0.4 is 0 Å². The molecule has 0 fully saturated rings. The van der Waals surface area contributed by atoms with Crippen molar-refractivity contribution in [3.8, 4) is 0 Å². The summed E-state index contributed by atoms with van der Waals surface area (Å²) in [7, 11) is -2.50. The molecule has 0 nitrogen and oxygen atoms in total. The summed E-state index contributed by atoms with van der Waals surface area (Å²) in [5.41, 5.74) is 5.58. The van der Waals surface area contributed by atoms with Crippen molar-refractivity contribution in [2.75, 3.05) is 0 Å². The predicted octanol–water partition coefficient (Wildman–Crippen LogP) is 6.59. The summed E-state index contributed by atoms with van der Waals surface area (Å²) >= 11 is 0. The summed E-state index contributed by atoms with van der Waals surface area (Å²) in [6.07, 6.45) is 11.0. The maximum absolute atomic E-state index is 2.79. The Morgan fingerprint density at radius 2 is 1.00 bits per heavy atom. The molecule has 1 aliphatic rings. The zero-order chi connectivity index (χ0) is 15.2. The molecule has 0 amide bonds. The van der Waals surface area contributed by atoms with Crippen molar-refractivity contribution in [3.63, 3.8) is 0 Å². The summed E-state index contributed by atoms with van der Waals surface area (Å²) in [6.45, 7) is 14.9. The minimum absolute atomic E-state index is 1.25. The molecular formula is C18H36Si2. The van der Waals surface area contributed by atoms with Crippen LogP contribution in [0.25, 0.3) is 0 Å². The predicted molar refractivity (Wildman–Crippen MR) is 99.4 cm³/mol. The molecule has 0 saturated heterocycles. The first-order valence-corrected chi connectivity index (χ1v) is 14.9. The smallest absolute Gasteiger partial charge is 0.0949 e. The van der Waals surface area contributed by atoms with Crippen LogP contribution in [0.1, 0.15) is 65.2 Å². The van der Waals surface area contributed by atoms with E-state index in [9.17, 15) is 0 Å². The third-order valence-corrected chi connectivity index (χ3v) is 11.6. The first kappa shape index (κ1) is 18.0. The van der Waals surface area contributed by atoms with Gasteiger partial charge >= 0.3 is 0 Å². The highest BCUT2D eigenvalue weighted by Gasteiger charge is 2.35. The first-order valence-electron chi connectivity index (χ1n) is 8.78. The minimum atomic E-state index is -1.25. The van der Waals surface area contributed by atoms with E-state index in [1.165, 1.54) is 51.4 Å². The summed E-state index contributed by atoms with van der Waals surface area (Å²) in [5, 5.41) is 3.73. The monoisotopic (exact) mass is 308 g/mol. The highest BCUT2D eigenvalue weighted by molar-refractivity contribution is 6.98. The number of hydrogen-bond acceptors (Lipinski definition) is 0. The maximum atomic E-state index is 2.79. The third kappa shape index (κ3) is 5.03. The van der Waals surface area contributed by atoms with Crippen molar-refractivity contribution >= 4 is 16.1 Å². The van der Waals surface area contributed by atoms with Gasteiger partial charge in [0, 0.05) is 0 Å². The lowest BCUT2D eigenvalue weighted by atomic mass is 10.2. The van der Waals surface area contributed by atoms with Gasteiger partial charge in [0.1, 0.15) is 0 Å². The van der Waals surface area contributed by atoms with Gasteiger partial charge in [0.15, 0.2) is 0 Å². The molecule has 0 aromatic carbocycles. The Kier molecular flexibility index (Phi) is 7.00. The van der Waals surface area contributed by atoms with Crippen molar-refractivity contribution < 1.29 is 0 Å². The third-order valence-electron chi connectivity index (χ3n) is 4.82. The average Bonchev–Trinajstić information content (AvgIpc) is 2.35. The van der Waals surface area contributed by atoms with Crippen molar-refractivity contribution in [1.82, 2.24) is 0 Å². The molecule has 116 valence electrons. The molecule has 1 rings (SSSR count).